The molecule has 1 aliphatic heterocycles. The first kappa shape index (κ1) is 21.8. The number of hydrogen-bond donors (Lipinski definition) is 1. The van der Waals surface area contributed by atoms with Crippen LogP contribution in [0.3, 0.4) is 0 Å². The van der Waals surface area contributed by atoms with Gasteiger partial charge in [0.25, 0.3) is 11.1 Å². The van der Waals surface area contributed by atoms with Crippen LogP contribution in [0.4, 0.5) is 0 Å². The molecule has 36 heavy (non-hydrogen) atoms. The van der Waals surface area contributed by atoms with E-state index in [2.05, 4.69) is 5.32 Å². The molecule has 0 radical (unpaired) electrons. The lowest BCUT2D eigenvalue weighted by molar-refractivity contribution is -0.116. The molecular weight excluding hydrogens is 454 g/mol. The van der Waals surface area contributed by atoms with E-state index in [0.29, 0.717) is 27.9 Å². The molecule has 3 heterocycles. The number of aromatic nitrogens is 4. The van der Waals surface area contributed by atoms with E-state index in [1.165, 1.54) is 9.25 Å². The first-order chi connectivity index (χ1) is 17.5. The SMILES string of the molecule is Cc1c(-n2c(/C=C3\C(=O)N[C@@H]4C=CC=C[C@@H]34)nc3ccccc3c2=O)c(=O)n(-c2ccccc2)n1C. The highest BCUT2D eigenvalue weighted by Crippen LogP contribution is 2.29. The number of hydrogen-bond acceptors (Lipinski definition) is 4. The molecule has 0 spiro atoms. The van der Waals surface area contributed by atoms with E-state index in [1.54, 1.807) is 49.0 Å². The van der Waals surface area contributed by atoms with Gasteiger partial charge < -0.3 is 5.32 Å². The average molecular weight is 478 g/mol. The summed E-state index contributed by atoms with van der Waals surface area (Å²) in [4.78, 5) is 45.3. The first-order valence-electron chi connectivity index (χ1n) is 11.7. The molecule has 2 aromatic heterocycles. The minimum absolute atomic E-state index is 0.150. The molecule has 2 aromatic carbocycles. The molecule has 2 atom stereocenters. The quantitative estimate of drug-likeness (QED) is 0.460. The predicted octanol–water partition coefficient (Wildman–Crippen LogP) is 2.81. The maximum Gasteiger partial charge on any atom is 0.296 e. The molecule has 1 fully saturated rings. The van der Waals surface area contributed by atoms with Crippen LogP contribution in [0.5, 0.6) is 0 Å². The summed E-state index contributed by atoms with van der Waals surface area (Å²) in [6.07, 6.45) is 9.32. The van der Waals surface area contributed by atoms with Gasteiger partial charge in [0.1, 0.15) is 11.5 Å². The minimum Gasteiger partial charge on any atom is -0.345 e. The Morgan fingerprint density at radius 2 is 1.64 bits per heavy atom. The van der Waals surface area contributed by atoms with Crippen LogP contribution in [0.15, 0.2) is 94.1 Å². The van der Waals surface area contributed by atoms with E-state index >= 15 is 0 Å². The Hall–Kier alpha value is -4.72. The zero-order chi connectivity index (χ0) is 25.0. The molecule has 1 saturated heterocycles. The summed E-state index contributed by atoms with van der Waals surface area (Å²) < 4.78 is 4.59. The lowest BCUT2D eigenvalue weighted by Crippen LogP contribution is -2.29. The van der Waals surface area contributed by atoms with Crippen LogP contribution in [-0.2, 0) is 11.8 Å². The van der Waals surface area contributed by atoms with Gasteiger partial charge in [-0.05, 0) is 37.3 Å². The summed E-state index contributed by atoms with van der Waals surface area (Å²) in [5.41, 5.74) is 1.74. The average Bonchev–Trinajstić information content (AvgIpc) is 3.32. The summed E-state index contributed by atoms with van der Waals surface area (Å²) in [6.45, 7) is 1.79. The van der Waals surface area contributed by atoms with Gasteiger partial charge in [-0.2, -0.15) is 0 Å². The molecule has 8 heteroatoms. The highest BCUT2D eigenvalue weighted by Gasteiger charge is 2.35. The van der Waals surface area contributed by atoms with Crippen molar-refractivity contribution >= 4 is 22.9 Å². The van der Waals surface area contributed by atoms with Gasteiger partial charge in [-0.15, -0.1) is 0 Å². The minimum atomic E-state index is -0.368. The lowest BCUT2D eigenvalue weighted by atomic mass is 9.92. The second kappa shape index (κ2) is 8.20. The lowest BCUT2D eigenvalue weighted by Gasteiger charge is -2.15. The molecule has 178 valence electrons. The van der Waals surface area contributed by atoms with Crippen molar-refractivity contribution in [2.75, 3.05) is 0 Å². The van der Waals surface area contributed by atoms with Crippen molar-refractivity contribution in [3.63, 3.8) is 0 Å². The monoisotopic (exact) mass is 477 g/mol. The molecule has 8 nitrogen and oxygen atoms in total. The molecule has 0 unspecified atom stereocenters. The van der Waals surface area contributed by atoms with Crippen molar-refractivity contribution in [3.05, 3.63) is 117 Å². The second-order valence-electron chi connectivity index (χ2n) is 8.93. The normalized spacial score (nSPS) is 19.7. The van der Waals surface area contributed by atoms with Gasteiger partial charge in [0.15, 0.2) is 0 Å². The fourth-order valence-electron chi connectivity index (χ4n) is 5.00. The van der Waals surface area contributed by atoms with Crippen LogP contribution >= 0.6 is 0 Å². The van der Waals surface area contributed by atoms with E-state index in [4.69, 9.17) is 4.98 Å². The zero-order valence-electron chi connectivity index (χ0n) is 19.8. The van der Waals surface area contributed by atoms with Crippen molar-refractivity contribution in [2.24, 2.45) is 13.0 Å². The number of benzene rings is 2. The van der Waals surface area contributed by atoms with Crippen molar-refractivity contribution in [2.45, 2.75) is 13.0 Å². The third-order valence-corrected chi connectivity index (χ3v) is 6.89. The van der Waals surface area contributed by atoms with Crippen molar-refractivity contribution < 1.29 is 4.79 Å². The molecule has 1 aliphatic carbocycles. The Kier molecular flexibility index (Phi) is 4.96. The van der Waals surface area contributed by atoms with Gasteiger partial charge in [0, 0.05) is 18.5 Å². The number of fused-ring (bicyclic) bond motifs is 2. The second-order valence-corrected chi connectivity index (χ2v) is 8.93. The van der Waals surface area contributed by atoms with Gasteiger partial charge in [0.05, 0.1) is 28.3 Å². The summed E-state index contributed by atoms with van der Waals surface area (Å²) in [7, 11) is 1.78. The van der Waals surface area contributed by atoms with Crippen LogP contribution in [-0.4, -0.2) is 30.9 Å². The summed E-state index contributed by atoms with van der Waals surface area (Å²) >= 11 is 0. The van der Waals surface area contributed by atoms with Gasteiger partial charge in [-0.3, -0.25) is 23.6 Å². The molecule has 4 aromatic rings. The van der Waals surface area contributed by atoms with Crippen molar-refractivity contribution in [3.8, 4) is 11.4 Å². The number of allylic oxidation sites excluding steroid dienone is 2. The highest BCUT2D eigenvalue weighted by atomic mass is 16.2. The standard InChI is InChI=1S/C28H23N5O3/c1-17-25(28(36)33(31(17)2)18-10-4-3-5-11-18)32-24(29-23-15-9-7-13-20(23)27(32)35)16-21-19-12-6-8-14-22(19)30-26(21)34/h3-16,19,22H,1-2H3,(H,30,34)/b21-16-/t19-,22+/m0/s1. The Morgan fingerprint density at radius 3 is 2.44 bits per heavy atom. The summed E-state index contributed by atoms with van der Waals surface area (Å²) in [5, 5.41) is 3.36. The van der Waals surface area contributed by atoms with Gasteiger partial charge >= 0.3 is 0 Å². The van der Waals surface area contributed by atoms with E-state index in [9.17, 15) is 14.4 Å². The number of carbonyl (C=O) groups excluding carboxylic acids is 1. The van der Waals surface area contributed by atoms with E-state index in [-0.39, 0.29) is 40.5 Å². The predicted molar refractivity (Wildman–Crippen MR) is 138 cm³/mol. The molecule has 0 saturated carbocycles. The molecule has 0 bridgehead atoms. The van der Waals surface area contributed by atoms with E-state index < -0.39 is 0 Å². The number of carbonyl (C=O) groups is 1. The topological polar surface area (TPSA) is 90.9 Å². The third-order valence-electron chi connectivity index (χ3n) is 6.89. The maximum atomic E-state index is 13.9. The summed E-state index contributed by atoms with van der Waals surface area (Å²) in [6, 6.07) is 16.1. The fraction of sp³-hybridized carbons (Fsp3) is 0.143. The molecular formula is C28H23N5O3. The van der Waals surface area contributed by atoms with Crippen molar-refractivity contribution in [1.82, 2.24) is 24.2 Å². The molecule has 1 amide bonds. The number of nitrogens with zero attached hydrogens (tertiary/aromatic N) is 4. The Bertz CT molecular complexity index is 1750. The van der Waals surface area contributed by atoms with E-state index in [0.717, 1.165) is 0 Å². The maximum absolute atomic E-state index is 13.9. The smallest absolute Gasteiger partial charge is 0.296 e. The van der Waals surface area contributed by atoms with Gasteiger partial charge in [-0.1, -0.05) is 54.6 Å². The van der Waals surface area contributed by atoms with Crippen LogP contribution in [0.1, 0.15) is 11.5 Å². The largest absolute Gasteiger partial charge is 0.345 e. The number of rotatable bonds is 3. The number of para-hydroxylation sites is 2. The third kappa shape index (κ3) is 3.22. The van der Waals surface area contributed by atoms with Gasteiger partial charge in [0.2, 0.25) is 5.91 Å². The number of amides is 1. The Morgan fingerprint density at radius 1 is 0.917 bits per heavy atom. The van der Waals surface area contributed by atoms with Gasteiger partial charge in [-0.25, -0.2) is 9.67 Å². The molecule has 2 aliphatic rings. The van der Waals surface area contributed by atoms with Crippen LogP contribution in [0.25, 0.3) is 28.4 Å². The van der Waals surface area contributed by atoms with Crippen LogP contribution < -0.4 is 16.4 Å². The summed E-state index contributed by atoms with van der Waals surface area (Å²) in [5.74, 6) is -0.169. The molecule has 6 rings (SSSR count). The zero-order valence-corrected chi connectivity index (χ0v) is 19.8. The number of nitrogens with one attached hydrogen (secondary N) is 1. The Balaban J connectivity index is 1.66. The van der Waals surface area contributed by atoms with Crippen LogP contribution in [0.2, 0.25) is 0 Å². The molecule has 1 N–H and O–H groups in total. The fourth-order valence-corrected chi connectivity index (χ4v) is 5.00. The van der Waals surface area contributed by atoms with Crippen LogP contribution in [0, 0.1) is 12.8 Å². The van der Waals surface area contributed by atoms with E-state index in [1.807, 2.05) is 54.6 Å². The Labute approximate surface area is 206 Å². The first-order valence-corrected chi connectivity index (χ1v) is 11.7. The van der Waals surface area contributed by atoms with Crippen molar-refractivity contribution in [1.29, 1.82) is 0 Å². The highest BCUT2D eigenvalue weighted by molar-refractivity contribution is 6.01.